The van der Waals surface area contributed by atoms with Gasteiger partial charge in [-0.1, -0.05) is 18.2 Å². The van der Waals surface area contributed by atoms with Gasteiger partial charge >= 0.3 is 5.97 Å². The SMILES string of the molecule is CNCCC=Cc1ccc(OC)c(CC(=O)O)c1. The standard InChI is InChI=1S/C14H19NO3/c1-15-8-4-3-5-11-6-7-13(18-2)12(9-11)10-14(16)17/h3,5-7,9,15H,4,8,10H2,1-2H3,(H,16,17). The predicted molar refractivity (Wildman–Crippen MR) is 71.9 cm³/mol. The van der Waals surface area contributed by atoms with Crippen LogP contribution in [0.3, 0.4) is 0 Å². The highest BCUT2D eigenvalue weighted by atomic mass is 16.5. The normalized spacial score (nSPS) is 10.8. The number of nitrogens with one attached hydrogen (secondary N) is 1. The first-order valence-electron chi connectivity index (χ1n) is 5.87. The third-order valence-electron chi connectivity index (χ3n) is 2.52. The molecule has 98 valence electrons. The molecule has 0 aliphatic heterocycles. The summed E-state index contributed by atoms with van der Waals surface area (Å²) in [6.45, 7) is 0.925. The zero-order valence-electron chi connectivity index (χ0n) is 10.8. The van der Waals surface area contributed by atoms with Crippen LogP contribution in [0.4, 0.5) is 0 Å². The smallest absolute Gasteiger partial charge is 0.307 e. The minimum atomic E-state index is -0.857. The molecule has 0 unspecified atom stereocenters. The minimum Gasteiger partial charge on any atom is -0.496 e. The van der Waals surface area contributed by atoms with Crippen LogP contribution in [0.1, 0.15) is 17.5 Å². The van der Waals surface area contributed by atoms with E-state index in [-0.39, 0.29) is 6.42 Å². The van der Waals surface area contributed by atoms with Gasteiger partial charge in [0.15, 0.2) is 0 Å². The summed E-state index contributed by atoms with van der Waals surface area (Å²) in [5, 5.41) is 11.9. The topological polar surface area (TPSA) is 58.6 Å². The number of carboxylic acids is 1. The van der Waals surface area contributed by atoms with Gasteiger partial charge in [-0.3, -0.25) is 4.79 Å². The number of carboxylic acid groups (broad SMARTS) is 1. The molecule has 1 aromatic carbocycles. The maximum absolute atomic E-state index is 10.8. The van der Waals surface area contributed by atoms with Crippen molar-refractivity contribution in [2.24, 2.45) is 0 Å². The predicted octanol–water partition coefficient (Wildman–Crippen LogP) is 1.95. The number of aliphatic carboxylic acids is 1. The highest BCUT2D eigenvalue weighted by molar-refractivity contribution is 5.72. The molecule has 1 aromatic rings. The number of ether oxygens (including phenoxy) is 1. The summed E-state index contributed by atoms with van der Waals surface area (Å²) < 4.78 is 5.15. The van der Waals surface area contributed by atoms with Crippen LogP contribution in [-0.2, 0) is 11.2 Å². The molecule has 1 rings (SSSR count). The molecule has 0 amide bonds. The summed E-state index contributed by atoms with van der Waals surface area (Å²) in [6.07, 6.45) is 4.96. The first-order chi connectivity index (χ1) is 8.67. The number of hydrogen-bond donors (Lipinski definition) is 2. The second-order valence-electron chi connectivity index (χ2n) is 3.94. The number of rotatable bonds is 7. The van der Waals surface area contributed by atoms with E-state index < -0.39 is 5.97 Å². The Balaban J connectivity index is 2.81. The van der Waals surface area contributed by atoms with E-state index in [4.69, 9.17) is 9.84 Å². The Bertz CT molecular complexity index is 427. The van der Waals surface area contributed by atoms with Crippen LogP contribution in [0.15, 0.2) is 24.3 Å². The van der Waals surface area contributed by atoms with Crippen molar-refractivity contribution < 1.29 is 14.6 Å². The van der Waals surface area contributed by atoms with E-state index in [1.807, 2.05) is 25.3 Å². The summed E-state index contributed by atoms with van der Waals surface area (Å²) in [5.74, 6) is -0.241. The van der Waals surface area contributed by atoms with Crippen LogP contribution >= 0.6 is 0 Å². The Morgan fingerprint density at radius 1 is 1.50 bits per heavy atom. The fourth-order valence-electron chi connectivity index (χ4n) is 1.65. The van der Waals surface area contributed by atoms with E-state index in [0.29, 0.717) is 11.3 Å². The lowest BCUT2D eigenvalue weighted by Crippen LogP contribution is -2.05. The van der Waals surface area contributed by atoms with Crippen LogP contribution in [0.5, 0.6) is 5.75 Å². The first-order valence-corrected chi connectivity index (χ1v) is 5.87. The van der Waals surface area contributed by atoms with E-state index >= 15 is 0 Å². The zero-order valence-corrected chi connectivity index (χ0v) is 10.8. The Kier molecular flexibility index (Phi) is 5.94. The van der Waals surface area contributed by atoms with Gasteiger partial charge in [0.25, 0.3) is 0 Å². The van der Waals surface area contributed by atoms with Crippen molar-refractivity contribution >= 4 is 12.0 Å². The first kappa shape index (κ1) is 14.3. The van der Waals surface area contributed by atoms with Crippen molar-refractivity contribution in [3.63, 3.8) is 0 Å². The Morgan fingerprint density at radius 2 is 2.28 bits per heavy atom. The molecular formula is C14H19NO3. The number of carbonyl (C=O) groups is 1. The van der Waals surface area contributed by atoms with Crippen LogP contribution in [0.25, 0.3) is 6.08 Å². The van der Waals surface area contributed by atoms with Gasteiger partial charge in [0.05, 0.1) is 13.5 Å². The Morgan fingerprint density at radius 3 is 2.89 bits per heavy atom. The second-order valence-corrected chi connectivity index (χ2v) is 3.94. The fraction of sp³-hybridized carbons (Fsp3) is 0.357. The zero-order chi connectivity index (χ0) is 13.4. The summed E-state index contributed by atoms with van der Waals surface area (Å²) in [5.41, 5.74) is 1.68. The summed E-state index contributed by atoms with van der Waals surface area (Å²) in [4.78, 5) is 10.8. The molecule has 0 aliphatic rings. The van der Waals surface area contributed by atoms with Gasteiger partial charge in [0.1, 0.15) is 5.75 Å². The summed E-state index contributed by atoms with van der Waals surface area (Å²) in [6, 6.07) is 5.57. The molecule has 0 aromatic heterocycles. The van der Waals surface area contributed by atoms with Crippen molar-refractivity contribution in [1.82, 2.24) is 5.32 Å². The molecule has 0 radical (unpaired) electrons. The Labute approximate surface area is 107 Å². The molecule has 0 spiro atoms. The van der Waals surface area contributed by atoms with Gasteiger partial charge < -0.3 is 15.2 Å². The lowest BCUT2D eigenvalue weighted by molar-refractivity contribution is -0.136. The largest absolute Gasteiger partial charge is 0.496 e. The van der Waals surface area contributed by atoms with Crippen molar-refractivity contribution in [3.8, 4) is 5.75 Å². The maximum atomic E-state index is 10.8. The minimum absolute atomic E-state index is 0.0264. The van der Waals surface area contributed by atoms with E-state index in [9.17, 15) is 4.79 Å². The van der Waals surface area contributed by atoms with Crippen LogP contribution in [-0.4, -0.2) is 31.8 Å². The maximum Gasteiger partial charge on any atom is 0.307 e. The molecule has 0 aliphatic carbocycles. The van der Waals surface area contributed by atoms with Gasteiger partial charge in [-0.25, -0.2) is 0 Å². The van der Waals surface area contributed by atoms with Crippen LogP contribution in [0, 0.1) is 0 Å². The summed E-state index contributed by atoms with van der Waals surface area (Å²) >= 11 is 0. The molecule has 0 fully saturated rings. The molecule has 18 heavy (non-hydrogen) atoms. The fourth-order valence-corrected chi connectivity index (χ4v) is 1.65. The molecule has 0 atom stereocenters. The van der Waals surface area contributed by atoms with E-state index in [1.165, 1.54) is 0 Å². The van der Waals surface area contributed by atoms with Crippen LogP contribution < -0.4 is 10.1 Å². The van der Waals surface area contributed by atoms with Crippen LogP contribution in [0.2, 0.25) is 0 Å². The van der Waals surface area contributed by atoms with Crippen molar-refractivity contribution in [3.05, 3.63) is 35.4 Å². The highest BCUT2D eigenvalue weighted by Gasteiger charge is 2.07. The molecule has 4 nitrogen and oxygen atoms in total. The monoisotopic (exact) mass is 249 g/mol. The van der Waals surface area contributed by atoms with E-state index in [0.717, 1.165) is 18.5 Å². The van der Waals surface area contributed by atoms with Gasteiger partial charge in [-0.15, -0.1) is 0 Å². The molecule has 4 heteroatoms. The highest BCUT2D eigenvalue weighted by Crippen LogP contribution is 2.21. The Hall–Kier alpha value is -1.81. The average Bonchev–Trinajstić information content (AvgIpc) is 2.34. The average molecular weight is 249 g/mol. The number of hydrogen-bond acceptors (Lipinski definition) is 3. The number of methoxy groups -OCH3 is 1. The lowest BCUT2D eigenvalue weighted by Gasteiger charge is -2.07. The quantitative estimate of drug-likeness (QED) is 0.725. The second kappa shape index (κ2) is 7.50. The van der Waals surface area contributed by atoms with E-state index in [2.05, 4.69) is 11.4 Å². The van der Waals surface area contributed by atoms with Crippen molar-refractivity contribution in [2.75, 3.05) is 20.7 Å². The van der Waals surface area contributed by atoms with Gasteiger partial charge in [-0.2, -0.15) is 0 Å². The molecule has 0 bridgehead atoms. The summed E-state index contributed by atoms with van der Waals surface area (Å²) in [7, 11) is 3.45. The molecule has 0 heterocycles. The van der Waals surface area contributed by atoms with Crippen molar-refractivity contribution in [2.45, 2.75) is 12.8 Å². The van der Waals surface area contributed by atoms with E-state index in [1.54, 1.807) is 13.2 Å². The van der Waals surface area contributed by atoms with Gasteiger partial charge in [0, 0.05) is 5.56 Å². The number of benzene rings is 1. The molecule has 0 saturated heterocycles. The molecule has 0 saturated carbocycles. The molecular weight excluding hydrogens is 230 g/mol. The third-order valence-corrected chi connectivity index (χ3v) is 2.52. The van der Waals surface area contributed by atoms with Crippen molar-refractivity contribution in [1.29, 1.82) is 0 Å². The molecule has 2 N–H and O–H groups in total. The lowest BCUT2D eigenvalue weighted by atomic mass is 10.1. The van der Waals surface area contributed by atoms with Gasteiger partial charge in [0.2, 0.25) is 0 Å². The van der Waals surface area contributed by atoms with Gasteiger partial charge in [-0.05, 0) is 37.7 Å². The third kappa shape index (κ3) is 4.59.